The fraction of sp³-hybridized carbons (Fsp3) is 0.533. The quantitative estimate of drug-likeness (QED) is 0.814. The van der Waals surface area contributed by atoms with Crippen LogP contribution in [0.15, 0.2) is 18.2 Å². The molecule has 0 saturated carbocycles. The topological polar surface area (TPSA) is 59.6 Å². The number of unbranched alkanes of at least 4 members (excludes halogenated alkanes) is 1. The van der Waals surface area contributed by atoms with Crippen LogP contribution in [0.5, 0.6) is 11.5 Å². The first-order valence-corrected chi connectivity index (χ1v) is 7.14. The number of carbonyl (C=O) groups excluding carboxylic acids is 1. The highest BCUT2D eigenvalue weighted by Gasteiger charge is 2.15. The Bertz CT molecular complexity index is 462. The molecule has 5 nitrogen and oxygen atoms in total. The van der Waals surface area contributed by atoms with Crippen LogP contribution in [0.1, 0.15) is 38.3 Å². The van der Waals surface area contributed by atoms with Crippen LogP contribution in [0.4, 0.5) is 4.79 Å². The van der Waals surface area contributed by atoms with E-state index in [2.05, 4.69) is 17.6 Å². The molecule has 1 aromatic carbocycles. The van der Waals surface area contributed by atoms with Crippen LogP contribution in [0.2, 0.25) is 0 Å². The number of ether oxygens (including phenoxy) is 2. The van der Waals surface area contributed by atoms with Crippen LogP contribution in [-0.4, -0.2) is 25.8 Å². The van der Waals surface area contributed by atoms with Gasteiger partial charge in [-0.2, -0.15) is 0 Å². The molecule has 0 aromatic heterocycles. The molecule has 0 bridgehead atoms. The van der Waals surface area contributed by atoms with E-state index in [1.165, 1.54) is 0 Å². The Balaban J connectivity index is 1.91. The highest BCUT2D eigenvalue weighted by Crippen LogP contribution is 2.32. The minimum Gasteiger partial charge on any atom is -0.486 e. The number of rotatable bonds is 5. The summed E-state index contributed by atoms with van der Waals surface area (Å²) < 4.78 is 11.0. The van der Waals surface area contributed by atoms with Crippen LogP contribution >= 0.6 is 0 Å². The van der Waals surface area contributed by atoms with Crippen LogP contribution in [-0.2, 0) is 0 Å². The van der Waals surface area contributed by atoms with Gasteiger partial charge in [0.25, 0.3) is 0 Å². The van der Waals surface area contributed by atoms with Gasteiger partial charge in [-0.3, -0.25) is 0 Å². The fourth-order valence-electron chi connectivity index (χ4n) is 2.04. The summed E-state index contributed by atoms with van der Waals surface area (Å²) in [4.78, 5) is 11.7. The molecule has 0 radical (unpaired) electrons. The zero-order valence-corrected chi connectivity index (χ0v) is 12.1. The Morgan fingerprint density at radius 2 is 2.05 bits per heavy atom. The van der Waals surface area contributed by atoms with Crippen molar-refractivity contribution in [2.24, 2.45) is 0 Å². The standard InChI is InChI=1S/C15H22N2O3/c1-3-4-7-16-15(18)17-11(2)12-5-6-13-14(10-12)20-9-8-19-13/h5-6,10-11H,3-4,7-9H2,1-2H3,(H2,16,17,18). The summed E-state index contributed by atoms with van der Waals surface area (Å²) in [5, 5.41) is 5.76. The van der Waals surface area contributed by atoms with Gasteiger partial charge in [0.05, 0.1) is 6.04 Å². The number of hydrogen-bond donors (Lipinski definition) is 2. The first-order valence-electron chi connectivity index (χ1n) is 7.14. The summed E-state index contributed by atoms with van der Waals surface area (Å²) in [6, 6.07) is 5.54. The third-order valence-electron chi connectivity index (χ3n) is 3.23. The largest absolute Gasteiger partial charge is 0.486 e. The van der Waals surface area contributed by atoms with Gasteiger partial charge in [0, 0.05) is 6.54 Å². The predicted octanol–water partition coefficient (Wildman–Crippen LogP) is 2.62. The van der Waals surface area contributed by atoms with E-state index in [1.54, 1.807) is 0 Å². The number of benzene rings is 1. The normalized spacial score (nSPS) is 14.5. The predicted molar refractivity (Wildman–Crippen MR) is 77.3 cm³/mol. The molecule has 2 amide bonds. The lowest BCUT2D eigenvalue weighted by Gasteiger charge is -2.21. The number of hydrogen-bond acceptors (Lipinski definition) is 3. The maximum absolute atomic E-state index is 11.7. The number of fused-ring (bicyclic) bond motifs is 1. The smallest absolute Gasteiger partial charge is 0.315 e. The lowest BCUT2D eigenvalue weighted by atomic mass is 10.1. The summed E-state index contributed by atoms with van der Waals surface area (Å²) >= 11 is 0. The highest BCUT2D eigenvalue weighted by atomic mass is 16.6. The zero-order valence-electron chi connectivity index (χ0n) is 12.1. The molecule has 5 heteroatoms. The summed E-state index contributed by atoms with van der Waals surface area (Å²) in [6.07, 6.45) is 2.06. The molecule has 2 N–H and O–H groups in total. The third-order valence-corrected chi connectivity index (χ3v) is 3.23. The second kappa shape index (κ2) is 7.03. The van der Waals surface area contributed by atoms with E-state index in [1.807, 2.05) is 25.1 Å². The molecule has 0 spiro atoms. The monoisotopic (exact) mass is 278 g/mol. The van der Waals surface area contributed by atoms with Crippen molar-refractivity contribution >= 4 is 6.03 Å². The van der Waals surface area contributed by atoms with Gasteiger partial charge >= 0.3 is 6.03 Å². The molecule has 20 heavy (non-hydrogen) atoms. The van der Waals surface area contributed by atoms with Crippen molar-refractivity contribution in [2.45, 2.75) is 32.7 Å². The zero-order chi connectivity index (χ0) is 14.4. The third kappa shape index (κ3) is 3.79. The maximum Gasteiger partial charge on any atom is 0.315 e. The average Bonchev–Trinajstić information content (AvgIpc) is 2.47. The maximum atomic E-state index is 11.7. The van der Waals surface area contributed by atoms with Crippen molar-refractivity contribution in [1.82, 2.24) is 10.6 Å². The second-order valence-electron chi connectivity index (χ2n) is 4.88. The molecule has 1 heterocycles. The van der Waals surface area contributed by atoms with Crippen molar-refractivity contribution < 1.29 is 14.3 Å². The summed E-state index contributed by atoms with van der Waals surface area (Å²) in [7, 11) is 0. The Morgan fingerprint density at radius 3 is 2.80 bits per heavy atom. The lowest BCUT2D eigenvalue weighted by molar-refractivity contribution is 0.171. The van der Waals surface area contributed by atoms with Crippen molar-refractivity contribution in [3.05, 3.63) is 23.8 Å². The van der Waals surface area contributed by atoms with E-state index in [0.717, 1.165) is 29.9 Å². The summed E-state index contributed by atoms with van der Waals surface area (Å²) in [6.45, 7) is 5.90. The SMILES string of the molecule is CCCCNC(=O)NC(C)c1ccc2c(c1)OCCO2. The van der Waals surface area contributed by atoms with Gasteiger partial charge in [-0.15, -0.1) is 0 Å². The van der Waals surface area contributed by atoms with Gasteiger partial charge in [-0.1, -0.05) is 19.4 Å². The van der Waals surface area contributed by atoms with Crippen LogP contribution in [0.25, 0.3) is 0 Å². The lowest BCUT2D eigenvalue weighted by Crippen LogP contribution is -2.37. The van der Waals surface area contributed by atoms with Gasteiger partial charge < -0.3 is 20.1 Å². The molecule has 2 rings (SSSR count). The highest BCUT2D eigenvalue weighted by molar-refractivity contribution is 5.74. The first-order chi connectivity index (χ1) is 9.70. The first kappa shape index (κ1) is 14.5. The molecule has 1 aromatic rings. The minimum absolute atomic E-state index is 0.0764. The van der Waals surface area contributed by atoms with E-state index >= 15 is 0 Å². The van der Waals surface area contributed by atoms with Crippen LogP contribution < -0.4 is 20.1 Å². The van der Waals surface area contributed by atoms with E-state index in [-0.39, 0.29) is 12.1 Å². The second-order valence-corrected chi connectivity index (χ2v) is 4.88. The molecule has 1 aliphatic rings. The molecule has 110 valence electrons. The van der Waals surface area contributed by atoms with Crippen LogP contribution in [0, 0.1) is 0 Å². The molecule has 0 fully saturated rings. The van der Waals surface area contributed by atoms with E-state index in [0.29, 0.717) is 19.8 Å². The molecule has 1 atom stereocenters. The van der Waals surface area contributed by atoms with E-state index < -0.39 is 0 Å². The van der Waals surface area contributed by atoms with Gasteiger partial charge in [0.1, 0.15) is 13.2 Å². The van der Waals surface area contributed by atoms with E-state index in [4.69, 9.17) is 9.47 Å². The Kier molecular flexibility index (Phi) is 5.09. The van der Waals surface area contributed by atoms with Crippen molar-refractivity contribution in [3.8, 4) is 11.5 Å². The number of carbonyl (C=O) groups is 1. The van der Waals surface area contributed by atoms with E-state index in [9.17, 15) is 4.79 Å². The van der Waals surface area contributed by atoms with Crippen molar-refractivity contribution in [1.29, 1.82) is 0 Å². The van der Waals surface area contributed by atoms with Gasteiger partial charge in [0.15, 0.2) is 11.5 Å². The number of nitrogens with one attached hydrogen (secondary N) is 2. The molecule has 0 aliphatic carbocycles. The van der Waals surface area contributed by atoms with Crippen molar-refractivity contribution in [2.75, 3.05) is 19.8 Å². The molecular weight excluding hydrogens is 256 g/mol. The van der Waals surface area contributed by atoms with Crippen LogP contribution in [0.3, 0.4) is 0 Å². The number of urea groups is 1. The van der Waals surface area contributed by atoms with Gasteiger partial charge in [-0.25, -0.2) is 4.79 Å². The fourth-order valence-corrected chi connectivity index (χ4v) is 2.04. The number of amides is 2. The Labute approximate surface area is 119 Å². The van der Waals surface area contributed by atoms with Gasteiger partial charge in [-0.05, 0) is 31.0 Å². The van der Waals surface area contributed by atoms with Crippen molar-refractivity contribution in [3.63, 3.8) is 0 Å². The Hall–Kier alpha value is -1.91. The summed E-state index contributed by atoms with van der Waals surface area (Å²) in [5.74, 6) is 1.51. The average molecular weight is 278 g/mol. The molecular formula is C15H22N2O3. The summed E-state index contributed by atoms with van der Waals surface area (Å²) in [5.41, 5.74) is 1.000. The molecule has 0 saturated heterocycles. The molecule has 1 unspecified atom stereocenters. The Morgan fingerprint density at radius 1 is 1.30 bits per heavy atom. The van der Waals surface area contributed by atoms with Gasteiger partial charge in [0.2, 0.25) is 0 Å². The molecule has 1 aliphatic heterocycles. The minimum atomic E-state index is -0.138.